The lowest BCUT2D eigenvalue weighted by molar-refractivity contribution is -0.120. The fourth-order valence-corrected chi connectivity index (χ4v) is 4.19. The van der Waals surface area contributed by atoms with Gasteiger partial charge in [-0.1, -0.05) is 30.7 Å². The number of hydrogen-bond acceptors (Lipinski definition) is 6. The molecule has 1 aliphatic rings. The molecule has 8 nitrogen and oxygen atoms in total. The van der Waals surface area contributed by atoms with Gasteiger partial charge in [-0.05, 0) is 86.0 Å². The molecule has 3 aromatic carbocycles. The second kappa shape index (κ2) is 11.3. The first-order valence-electron chi connectivity index (χ1n) is 12.0. The summed E-state index contributed by atoms with van der Waals surface area (Å²) in [6, 6.07) is 18.2. The smallest absolute Gasteiger partial charge is 0.338 e. The number of ether oxygens (including phenoxy) is 1. The van der Waals surface area contributed by atoms with Crippen LogP contribution in [0.4, 0.5) is 17.1 Å². The molecule has 4 rings (SSSR count). The van der Waals surface area contributed by atoms with E-state index in [9.17, 15) is 19.2 Å². The van der Waals surface area contributed by atoms with Crippen LogP contribution in [0.15, 0.2) is 77.5 Å². The molecule has 1 heterocycles. The number of esters is 1. The molecule has 0 spiro atoms. The number of imide groups is 1. The van der Waals surface area contributed by atoms with Gasteiger partial charge in [0.15, 0.2) is 0 Å². The number of carbonyl (C=O) groups excluding carboxylic acids is 4. The molecule has 0 saturated carbocycles. The summed E-state index contributed by atoms with van der Waals surface area (Å²) in [5.74, 6) is -2.02. The molecule has 0 aliphatic carbocycles. The summed E-state index contributed by atoms with van der Waals surface area (Å²) < 4.78 is 5.13. The van der Waals surface area contributed by atoms with Crippen molar-refractivity contribution in [2.75, 3.05) is 22.1 Å². The molecule has 1 aliphatic heterocycles. The van der Waals surface area contributed by atoms with Gasteiger partial charge >= 0.3 is 5.97 Å². The largest absolute Gasteiger partial charge is 0.462 e. The first-order chi connectivity index (χ1) is 18.2. The van der Waals surface area contributed by atoms with Gasteiger partial charge in [0, 0.05) is 16.9 Å². The van der Waals surface area contributed by atoms with Gasteiger partial charge in [0.2, 0.25) is 0 Å². The van der Waals surface area contributed by atoms with E-state index >= 15 is 0 Å². The SMILES string of the molecule is CCCOC(=O)c1cccc(NC(=O)c2ccc(NC3=C(Cl)C(=O)N(c4cc(C)cc(C)c4)C3=O)cc2)c1. The third-order valence-electron chi connectivity index (χ3n) is 5.70. The maximum atomic E-state index is 13.1. The fourth-order valence-electron chi connectivity index (χ4n) is 3.98. The summed E-state index contributed by atoms with van der Waals surface area (Å²) in [6.45, 7) is 5.99. The van der Waals surface area contributed by atoms with Gasteiger partial charge in [0.25, 0.3) is 17.7 Å². The highest BCUT2D eigenvalue weighted by molar-refractivity contribution is 6.53. The predicted molar refractivity (Wildman–Crippen MR) is 146 cm³/mol. The highest BCUT2D eigenvalue weighted by Crippen LogP contribution is 2.31. The average molecular weight is 532 g/mol. The Morgan fingerprint density at radius 2 is 1.55 bits per heavy atom. The monoisotopic (exact) mass is 531 g/mol. The van der Waals surface area contributed by atoms with Crippen LogP contribution in [-0.2, 0) is 14.3 Å². The number of anilines is 3. The second-order valence-electron chi connectivity index (χ2n) is 8.85. The molecule has 2 N–H and O–H groups in total. The molecular weight excluding hydrogens is 506 g/mol. The average Bonchev–Trinajstić information content (AvgIpc) is 3.10. The van der Waals surface area contributed by atoms with E-state index in [1.54, 1.807) is 60.7 Å². The Balaban J connectivity index is 1.44. The number of nitrogens with one attached hydrogen (secondary N) is 2. The number of rotatable bonds is 8. The van der Waals surface area contributed by atoms with E-state index in [1.165, 1.54) is 0 Å². The van der Waals surface area contributed by atoms with Crippen molar-refractivity contribution in [1.29, 1.82) is 0 Å². The first kappa shape index (κ1) is 26.6. The van der Waals surface area contributed by atoms with Crippen LogP contribution >= 0.6 is 11.6 Å². The van der Waals surface area contributed by atoms with E-state index in [1.807, 2.05) is 26.8 Å². The lowest BCUT2D eigenvalue weighted by Crippen LogP contribution is -2.32. The first-order valence-corrected chi connectivity index (χ1v) is 12.4. The van der Waals surface area contributed by atoms with Gasteiger partial charge in [-0.25, -0.2) is 9.69 Å². The molecule has 0 fully saturated rings. The number of hydrogen-bond donors (Lipinski definition) is 2. The number of carbonyl (C=O) groups is 4. The summed E-state index contributed by atoms with van der Waals surface area (Å²) in [6.07, 6.45) is 0.714. The number of aryl methyl sites for hydroxylation is 2. The summed E-state index contributed by atoms with van der Waals surface area (Å²) in [4.78, 5) is 51.7. The van der Waals surface area contributed by atoms with Crippen LogP contribution in [-0.4, -0.2) is 30.3 Å². The zero-order valence-corrected chi connectivity index (χ0v) is 21.9. The molecule has 3 aromatic rings. The van der Waals surface area contributed by atoms with Gasteiger partial charge in [-0.3, -0.25) is 14.4 Å². The zero-order chi connectivity index (χ0) is 27.4. The second-order valence-corrected chi connectivity index (χ2v) is 9.23. The van der Waals surface area contributed by atoms with Crippen LogP contribution in [0.2, 0.25) is 0 Å². The summed E-state index contributed by atoms with van der Waals surface area (Å²) in [5, 5.41) is 5.44. The van der Waals surface area contributed by atoms with Crippen LogP contribution < -0.4 is 15.5 Å². The van der Waals surface area contributed by atoms with E-state index in [2.05, 4.69) is 10.6 Å². The minimum Gasteiger partial charge on any atom is -0.462 e. The number of nitrogens with zero attached hydrogens (tertiary/aromatic N) is 1. The maximum Gasteiger partial charge on any atom is 0.338 e. The van der Waals surface area contributed by atoms with Crippen molar-refractivity contribution >= 4 is 52.4 Å². The Bertz CT molecular complexity index is 1440. The Hall–Kier alpha value is -4.43. The quantitative estimate of drug-likeness (QED) is 0.291. The van der Waals surface area contributed by atoms with Crippen molar-refractivity contribution in [2.45, 2.75) is 27.2 Å². The third-order valence-corrected chi connectivity index (χ3v) is 6.05. The molecule has 0 unspecified atom stereocenters. The van der Waals surface area contributed by atoms with Crippen molar-refractivity contribution in [3.63, 3.8) is 0 Å². The van der Waals surface area contributed by atoms with Crippen molar-refractivity contribution in [3.8, 4) is 0 Å². The minimum absolute atomic E-state index is 0.0419. The third kappa shape index (κ3) is 5.76. The zero-order valence-electron chi connectivity index (χ0n) is 21.1. The van der Waals surface area contributed by atoms with Gasteiger partial charge in [0.1, 0.15) is 10.7 Å². The summed E-state index contributed by atoms with van der Waals surface area (Å²) >= 11 is 6.24. The van der Waals surface area contributed by atoms with E-state index in [4.69, 9.17) is 16.3 Å². The molecule has 0 bridgehead atoms. The number of halogens is 1. The van der Waals surface area contributed by atoms with Crippen LogP contribution in [0.25, 0.3) is 0 Å². The van der Waals surface area contributed by atoms with Crippen LogP contribution in [0.5, 0.6) is 0 Å². The number of benzene rings is 3. The van der Waals surface area contributed by atoms with Gasteiger partial charge in [0.05, 0.1) is 17.9 Å². The Morgan fingerprint density at radius 3 is 2.21 bits per heavy atom. The molecule has 9 heteroatoms. The standard InChI is InChI=1S/C29H26ClN3O5/c1-4-12-38-29(37)20-6-5-7-22(16-20)32-26(34)19-8-10-21(11-9-19)31-25-24(30)27(35)33(28(25)36)23-14-17(2)13-18(3)15-23/h5-11,13-16,31H,4,12H2,1-3H3,(H,32,34). The number of amides is 3. The normalized spacial score (nSPS) is 13.1. The Labute approximate surface area is 225 Å². The molecule has 0 radical (unpaired) electrons. The van der Waals surface area contributed by atoms with Gasteiger partial charge in [-0.2, -0.15) is 0 Å². The summed E-state index contributed by atoms with van der Waals surface area (Å²) in [7, 11) is 0. The van der Waals surface area contributed by atoms with Crippen molar-refractivity contribution in [2.24, 2.45) is 0 Å². The van der Waals surface area contributed by atoms with E-state index in [0.29, 0.717) is 41.2 Å². The van der Waals surface area contributed by atoms with Crippen LogP contribution in [0, 0.1) is 13.8 Å². The topological polar surface area (TPSA) is 105 Å². The molecule has 194 valence electrons. The van der Waals surface area contributed by atoms with Crippen molar-refractivity contribution < 1.29 is 23.9 Å². The van der Waals surface area contributed by atoms with Crippen molar-refractivity contribution in [1.82, 2.24) is 0 Å². The molecule has 0 saturated heterocycles. The Kier molecular flexibility index (Phi) is 7.93. The van der Waals surface area contributed by atoms with Gasteiger partial charge in [-0.15, -0.1) is 0 Å². The van der Waals surface area contributed by atoms with Crippen LogP contribution in [0.3, 0.4) is 0 Å². The van der Waals surface area contributed by atoms with Gasteiger partial charge < -0.3 is 15.4 Å². The summed E-state index contributed by atoms with van der Waals surface area (Å²) in [5.41, 5.74) is 3.83. The molecule has 0 aromatic heterocycles. The molecule has 3 amide bonds. The van der Waals surface area contributed by atoms with E-state index in [-0.39, 0.29) is 16.6 Å². The fraction of sp³-hybridized carbons (Fsp3) is 0.172. The lowest BCUT2D eigenvalue weighted by Gasteiger charge is -2.16. The minimum atomic E-state index is -0.610. The highest BCUT2D eigenvalue weighted by atomic mass is 35.5. The Morgan fingerprint density at radius 1 is 0.868 bits per heavy atom. The predicted octanol–water partition coefficient (Wildman–Crippen LogP) is 5.56. The lowest BCUT2D eigenvalue weighted by atomic mass is 10.1. The maximum absolute atomic E-state index is 13.1. The molecule has 38 heavy (non-hydrogen) atoms. The molecule has 0 atom stereocenters. The van der Waals surface area contributed by atoms with E-state index in [0.717, 1.165) is 16.0 Å². The van der Waals surface area contributed by atoms with Crippen LogP contribution in [0.1, 0.15) is 45.2 Å². The molecular formula is C29H26ClN3O5. The van der Waals surface area contributed by atoms with E-state index < -0.39 is 17.8 Å². The van der Waals surface area contributed by atoms with Crippen molar-refractivity contribution in [3.05, 3.63) is 99.7 Å². The highest BCUT2D eigenvalue weighted by Gasteiger charge is 2.39.